The number of hydrogen-bond acceptors (Lipinski definition) is 4. The molecule has 0 aliphatic heterocycles. The standard InChI is InChI=1S/C26H41N3O4/c1-7-15-29(22(30)17-27-25(32)33-26(4,5)6)23(21-16-18(2)13-14-19(21)3)24(31)28-20-11-9-8-10-12-20/h13-14,16,20,23H,7-12,15,17H2,1-6H3,(H,27,32)(H,28,31). The molecule has 184 valence electrons. The topological polar surface area (TPSA) is 87.7 Å². The maximum atomic E-state index is 13.6. The Morgan fingerprint density at radius 2 is 1.79 bits per heavy atom. The highest BCUT2D eigenvalue weighted by Crippen LogP contribution is 2.27. The van der Waals surface area contributed by atoms with E-state index in [9.17, 15) is 14.4 Å². The smallest absolute Gasteiger partial charge is 0.408 e. The van der Waals surface area contributed by atoms with E-state index in [0.717, 1.165) is 42.4 Å². The minimum Gasteiger partial charge on any atom is -0.444 e. The van der Waals surface area contributed by atoms with Gasteiger partial charge in [0.05, 0.1) is 0 Å². The van der Waals surface area contributed by atoms with Crippen LogP contribution in [0.3, 0.4) is 0 Å². The van der Waals surface area contributed by atoms with Crippen molar-refractivity contribution < 1.29 is 19.1 Å². The zero-order valence-electron chi connectivity index (χ0n) is 21.1. The fourth-order valence-electron chi connectivity index (χ4n) is 4.23. The Balaban J connectivity index is 2.29. The van der Waals surface area contributed by atoms with Gasteiger partial charge in [-0.25, -0.2) is 4.79 Å². The molecule has 7 nitrogen and oxygen atoms in total. The Morgan fingerprint density at radius 1 is 1.12 bits per heavy atom. The van der Waals surface area contributed by atoms with Crippen LogP contribution in [0, 0.1) is 13.8 Å². The summed E-state index contributed by atoms with van der Waals surface area (Å²) in [5.41, 5.74) is 2.15. The molecule has 1 saturated carbocycles. The SMILES string of the molecule is CCCN(C(=O)CNC(=O)OC(C)(C)C)C(C(=O)NC1CCCCC1)c1cc(C)ccc1C. The van der Waals surface area contributed by atoms with Gasteiger partial charge in [-0.05, 0) is 65.0 Å². The number of amides is 3. The third kappa shape index (κ3) is 8.37. The van der Waals surface area contributed by atoms with Crippen molar-refractivity contribution in [3.8, 4) is 0 Å². The Labute approximate surface area is 198 Å². The van der Waals surface area contributed by atoms with Gasteiger partial charge in [0.1, 0.15) is 18.2 Å². The molecule has 0 radical (unpaired) electrons. The molecule has 1 aromatic carbocycles. The summed E-state index contributed by atoms with van der Waals surface area (Å²) in [4.78, 5) is 40.6. The molecular formula is C26H41N3O4. The zero-order valence-corrected chi connectivity index (χ0v) is 21.1. The van der Waals surface area contributed by atoms with Gasteiger partial charge < -0.3 is 20.3 Å². The number of carbonyl (C=O) groups is 3. The molecule has 2 rings (SSSR count). The van der Waals surface area contributed by atoms with E-state index in [1.165, 1.54) is 6.42 Å². The maximum Gasteiger partial charge on any atom is 0.408 e. The number of aryl methyl sites for hydroxylation is 2. The first-order chi connectivity index (χ1) is 15.5. The van der Waals surface area contributed by atoms with E-state index in [1.54, 1.807) is 25.7 Å². The van der Waals surface area contributed by atoms with E-state index in [0.29, 0.717) is 13.0 Å². The van der Waals surface area contributed by atoms with E-state index in [4.69, 9.17) is 4.74 Å². The van der Waals surface area contributed by atoms with Crippen LogP contribution in [0.5, 0.6) is 0 Å². The van der Waals surface area contributed by atoms with Crippen LogP contribution in [0.4, 0.5) is 4.79 Å². The Hall–Kier alpha value is -2.57. The molecule has 1 aliphatic rings. The summed E-state index contributed by atoms with van der Waals surface area (Å²) in [7, 11) is 0. The summed E-state index contributed by atoms with van der Waals surface area (Å²) in [6, 6.07) is 5.36. The fourth-order valence-corrected chi connectivity index (χ4v) is 4.23. The summed E-state index contributed by atoms with van der Waals surface area (Å²) in [5.74, 6) is -0.470. The van der Waals surface area contributed by atoms with Crippen LogP contribution in [0.2, 0.25) is 0 Å². The molecule has 3 amide bonds. The van der Waals surface area contributed by atoms with Crippen molar-refractivity contribution in [1.29, 1.82) is 0 Å². The largest absolute Gasteiger partial charge is 0.444 e. The van der Waals surface area contributed by atoms with Gasteiger partial charge in [0.15, 0.2) is 0 Å². The van der Waals surface area contributed by atoms with E-state index in [2.05, 4.69) is 10.6 Å². The summed E-state index contributed by atoms with van der Waals surface area (Å²) < 4.78 is 5.26. The molecule has 2 N–H and O–H groups in total. The Kier molecular flexibility index (Phi) is 9.74. The van der Waals surface area contributed by atoms with Crippen molar-refractivity contribution in [1.82, 2.24) is 15.5 Å². The third-order valence-corrected chi connectivity index (χ3v) is 5.81. The molecule has 1 unspecified atom stereocenters. The first-order valence-electron chi connectivity index (χ1n) is 12.2. The van der Waals surface area contributed by atoms with Crippen LogP contribution in [0.15, 0.2) is 18.2 Å². The number of alkyl carbamates (subject to hydrolysis) is 1. The van der Waals surface area contributed by atoms with Crippen molar-refractivity contribution in [3.63, 3.8) is 0 Å². The Bertz CT molecular complexity index is 825. The molecule has 1 atom stereocenters. The second kappa shape index (κ2) is 12.1. The summed E-state index contributed by atoms with van der Waals surface area (Å²) in [6.45, 7) is 11.4. The van der Waals surface area contributed by atoms with Gasteiger partial charge >= 0.3 is 6.09 Å². The highest BCUT2D eigenvalue weighted by molar-refractivity contribution is 5.90. The molecule has 0 heterocycles. The predicted octanol–water partition coefficient (Wildman–Crippen LogP) is 4.56. The lowest BCUT2D eigenvalue weighted by molar-refractivity contribution is -0.140. The molecule has 0 bridgehead atoms. The maximum absolute atomic E-state index is 13.6. The average molecular weight is 460 g/mol. The van der Waals surface area contributed by atoms with Crippen molar-refractivity contribution in [2.45, 2.75) is 97.8 Å². The highest BCUT2D eigenvalue weighted by atomic mass is 16.6. The number of carbonyl (C=O) groups excluding carboxylic acids is 3. The number of ether oxygens (including phenoxy) is 1. The first-order valence-corrected chi connectivity index (χ1v) is 12.2. The molecule has 0 spiro atoms. The number of nitrogens with one attached hydrogen (secondary N) is 2. The van der Waals surface area contributed by atoms with Crippen LogP contribution in [0.1, 0.15) is 89.0 Å². The van der Waals surface area contributed by atoms with Gasteiger partial charge in [-0.2, -0.15) is 0 Å². The highest BCUT2D eigenvalue weighted by Gasteiger charge is 2.33. The summed E-state index contributed by atoms with van der Waals surface area (Å²) >= 11 is 0. The van der Waals surface area contributed by atoms with Gasteiger partial charge in [0, 0.05) is 12.6 Å². The molecular weight excluding hydrogens is 418 g/mol. The lowest BCUT2D eigenvalue weighted by atomic mass is 9.93. The Morgan fingerprint density at radius 3 is 2.39 bits per heavy atom. The van der Waals surface area contributed by atoms with Crippen molar-refractivity contribution in [2.75, 3.05) is 13.1 Å². The minimum absolute atomic E-state index is 0.136. The van der Waals surface area contributed by atoms with E-state index in [-0.39, 0.29) is 24.4 Å². The van der Waals surface area contributed by atoms with E-state index < -0.39 is 17.7 Å². The van der Waals surface area contributed by atoms with Gasteiger partial charge in [-0.1, -0.05) is 49.9 Å². The first kappa shape index (κ1) is 26.7. The van der Waals surface area contributed by atoms with Crippen LogP contribution >= 0.6 is 0 Å². The monoisotopic (exact) mass is 459 g/mol. The predicted molar refractivity (Wildman–Crippen MR) is 130 cm³/mol. The normalized spacial score (nSPS) is 15.5. The van der Waals surface area contributed by atoms with Gasteiger partial charge in [0.25, 0.3) is 0 Å². The fraction of sp³-hybridized carbons (Fsp3) is 0.654. The molecule has 0 aromatic heterocycles. The van der Waals surface area contributed by atoms with Crippen LogP contribution < -0.4 is 10.6 Å². The molecule has 0 saturated heterocycles. The van der Waals surface area contributed by atoms with Crippen LogP contribution in [-0.4, -0.2) is 47.5 Å². The van der Waals surface area contributed by atoms with Gasteiger partial charge in [-0.3, -0.25) is 9.59 Å². The van der Waals surface area contributed by atoms with Crippen molar-refractivity contribution >= 4 is 17.9 Å². The molecule has 1 aromatic rings. The van der Waals surface area contributed by atoms with Gasteiger partial charge in [-0.15, -0.1) is 0 Å². The van der Waals surface area contributed by atoms with Crippen LogP contribution in [-0.2, 0) is 14.3 Å². The van der Waals surface area contributed by atoms with Crippen LogP contribution in [0.25, 0.3) is 0 Å². The zero-order chi connectivity index (χ0) is 24.6. The van der Waals surface area contributed by atoms with Crippen molar-refractivity contribution in [3.05, 3.63) is 34.9 Å². The summed E-state index contributed by atoms with van der Waals surface area (Å²) in [6.07, 6.45) is 5.38. The van der Waals surface area contributed by atoms with Crippen molar-refractivity contribution in [2.24, 2.45) is 0 Å². The molecule has 33 heavy (non-hydrogen) atoms. The number of hydrogen-bond donors (Lipinski definition) is 2. The van der Waals surface area contributed by atoms with E-state index in [1.807, 2.05) is 39.0 Å². The number of rotatable bonds is 8. The second-order valence-electron chi connectivity index (χ2n) is 10.0. The lowest BCUT2D eigenvalue weighted by Crippen LogP contribution is -2.50. The molecule has 1 fully saturated rings. The van der Waals surface area contributed by atoms with E-state index >= 15 is 0 Å². The number of nitrogens with zero attached hydrogens (tertiary/aromatic N) is 1. The second-order valence-corrected chi connectivity index (χ2v) is 10.0. The average Bonchev–Trinajstić information content (AvgIpc) is 2.73. The third-order valence-electron chi connectivity index (χ3n) is 5.81. The minimum atomic E-state index is -0.750. The molecule has 7 heteroatoms. The molecule has 1 aliphatic carbocycles. The number of benzene rings is 1. The lowest BCUT2D eigenvalue weighted by Gasteiger charge is -2.34. The van der Waals surface area contributed by atoms with Gasteiger partial charge in [0.2, 0.25) is 11.8 Å². The quantitative estimate of drug-likeness (QED) is 0.597. The summed E-state index contributed by atoms with van der Waals surface area (Å²) in [5, 5.41) is 5.76.